The number of benzene rings is 2. The Morgan fingerprint density at radius 1 is 1.05 bits per heavy atom. The van der Waals surface area contributed by atoms with Gasteiger partial charge in [0.15, 0.2) is 9.84 Å². The number of nitrogens with zero attached hydrogens (tertiary/aromatic N) is 1. The molecule has 1 saturated carbocycles. The van der Waals surface area contributed by atoms with Gasteiger partial charge in [0.25, 0.3) is 0 Å². The molecular formula is C16H11ClFNO2S. The van der Waals surface area contributed by atoms with Crippen LogP contribution in [0.25, 0.3) is 0 Å². The molecule has 0 saturated heterocycles. The quantitative estimate of drug-likeness (QED) is 0.861. The summed E-state index contributed by atoms with van der Waals surface area (Å²) in [5.74, 6) is -1.44. The Bertz CT molecular complexity index is 841. The SMILES string of the molecule is N#C[C@@H]1[C@H](c2ccc(F)cc2)[C@@H]1S(=O)(=O)c1ccc(Cl)cc1. The molecule has 1 fully saturated rings. The van der Waals surface area contributed by atoms with Crippen LogP contribution < -0.4 is 0 Å². The van der Waals surface area contributed by atoms with Crippen molar-refractivity contribution in [2.75, 3.05) is 0 Å². The van der Waals surface area contributed by atoms with E-state index < -0.39 is 32.7 Å². The summed E-state index contributed by atoms with van der Waals surface area (Å²) in [4.78, 5) is 0.145. The van der Waals surface area contributed by atoms with Gasteiger partial charge in [-0.2, -0.15) is 5.26 Å². The number of nitriles is 1. The third kappa shape index (κ3) is 2.49. The van der Waals surface area contributed by atoms with E-state index in [0.29, 0.717) is 10.6 Å². The van der Waals surface area contributed by atoms with E-state index in [2.05, 4.69) is 0 Å². The van der Waals surface area contributed by atoms with E-state index in [0.717, 1.165) is 0 Å². The smallest absolute Gasteiger partial charge is 0.183 e. The lowest BCUT2D eigenvalue weighted by Gasteiger charge is -2.04. The second kappa shape index (κ2) is 5.38. The van der Waals surface area contributed by atoms with Crippen molar-refractivity contribution in [3.05, 3.63) is 64.9 Å². The van der Waals surface area contributed by atoms with Crippen molar-refractivity contribution in [3.8, 4) is 6.07 Å². The highest BCUT2D eigenvalue weighted by Gasteiger charge is 2.59. The molecule has 0 unspecified atom stereocenters. The Balaban J connectivity index is 1.95. The van der Waals surface area contributed by atoms with E-state index in [4.69, 9.17) is 11.6 Å². The highest BCUT2D eigenvalue weighted by molar-refractivity contribution is 7.92. The molecule has 3 atom stereocenters. The average molecular weight is 336 g/mol. The minimum Gasteiger partial charge on any atom is -0.223 e. The molecule has 1 aliphatic rings. The Morgan fingerprint density at radius 2 is 1.64 bits per heavy atom. The average Bonchev–Trinajstić information content (AvgIpc) is 3.24. The molecule has 0 N–H and O–H groups in total. The van der Waals surface area contributed by atoms with Gasteiger partial charge in [-0.05, 0) is 42.0 Å². The van der Waals surface area contributed by atoms with Crippen LogP contribution in [-0.2, 0) is 9.84 Å². The van der Waals surface area contributed by atoms with Crippen molar-refractivity contribution in [1.82, 2.24) is 0 Å². The summed E-state index contributed by atoms with van der Waals surface area (Å²) in [6.07, 6.45) is 0. The maximum atomic E-state index is 13.0. The van der Waals surface area contributed by atoms with Crippen LogP contribution in [0.5, 0.6) is 0 Å². The Morgan fingerprint density at radius 3 is 2.18 bits per heavy atom. The van der Waals surface area contributed by atoms with Crippen LogP contribution in [0.2, 0.25) is 5.02 Å². The molecule has 22 heavy (non-hydrogen) atoms. The van der Waals surface area contributed by atoms with Gasteiger partial charge in [0.1, 0.15) is 5.82 Å². The molecule has 0 aliphatic heterocycles. The van der Waals surface area contributed by atoms with Crippen molar-refractivity contribution in [2.45, 2.75) is 16.1 Å². The number of rotatable bonds is 3. The van der Waals surface area contributed by atoms with Crippen molar-refractivity contribution >= 4 is 21.4 Å². The molecule has 6 heteroatoms. The summed E-state index contributed by atoms with van der Waals surface area (Å²) >= 11 is 5.77. The van der Waals surface area contributed by atoms with Gasteiger partial charge in [-0.3, -0.25) is 0 Å². The fourth-order valence-corrected chi connectivity index (χ4v) is 4.88. The van der Waals surface area contributed by atoms with Crippen LogP contribution in [0.3, 0.4) is 0 Å². The van der Waals surface area contributed by atoms with Gasteiger partial charge < -0.3 is 0 Å². The molecule has 0 spiro atoms. The Kier molecular flexibility index (Phi) is 3.67. The van der Waals surface area contributed by atoms with Gasteiger partial charge in [0.05, 0.1) is 22.1 Å². The molecule has 2 aromatic carbocycles. The number of halogens is 2. The third-order valence-electron chi connectivity index (χ3n) is 3.86. The van der Waals surface area contributed by atoms with Crippen LogP contribution in [0.1, 0.15) is 11.5 Å². The lowest BCUT2D eigenvalue weighted by molar-refractivity contribution is 0.593. The van der Waals surface area contributed by atoms with Crippen LogP contribution >= 0.6 is 11.6 Å². The van der Waals surface area contributed by atoms with Crippen LogP contribution in [-0.4, -0.2) is 13.7 Å². The first-order chi connectivity index (χ1) is 10.4. The minimum atomic E-state index is -3.63. The van der Waals surface area contributed by atoms with Crippen LogP contribution in [0.4, 0.5) is 4.39 Å². The number of sulfone groups is 1. The van der Waals surface area contributed by atoms with Gasteiger partial charge in [-0.25, -0.2) is 12.8 Å². The van der Waals surface area contributed by atoms with Crippen LogP contribution in [0.15, 0.2) is 53.4 Å². The molecule has 0 radical (unpaired) electrons. The largest absolute Gasteiger partial charge is 0.223 e. The van der Waals surface area contributed by atoms with E-state index in [9.17, 15) is 18.1 Å². The monoisotopic (exact) mass is 335 g/mol. The molecule has 1 aliphatic carbocycles. The van der Waals surface area contributed by atoms with E-state index in [1.165, 1.54) is 48.5 Å². The van der Waals surface area contributed by atoms with E-state index >= 15 is 0 Å². The van der Waals surface area contributed by atoms with Crippen molar-refractivity contribution in [3.63, 3.8) is 0 Å². The van der Waals surface area contributed by atoms with Crippen LogP contribution in [0, 0.1) is 23.1 Å². The summed E-state index contributed by atoms with van der Waals surface area (Å²) in [6.45, 7) is 0. The summed E-state index contributed by atoms with van der Waals surface area (Å²) in [7, 11) is -3.63. The predicted octanol–water partition coefficient (Wildman–Crippen LogP) is 3.56. The second-order valence-corrected chi connectivity index (χ2v) is 7.74. The fraction of sp³-hybridized carbons (Fsp3) is 0.188. The molecule has 3 nitrogen and oxygen atoms in total. The zero-order chi connectivity index (χ0) is 15.9. The van der Waals surface area contributed by atoms with Gasteiger partial charge in [-0.15, -0.1) is 0 Å². The molecule has 0 aromatic heterocycles. The second-order valence-electron chi connectivity index (χ2n) is 5.20. The normalized spacial score (nSPS) is 23.8. The van der Waals surface area contributed by atoms with Gasteiger partial charge in [0.2, 0.25) is 0 Å². The Labute approximate surface area is 132 Å². The fourth-order valence-electron chi connectivity index (χ4n) is 2.69. The number of hydrogen-bond acceptors (Lipinski definition) is 3. The van der Waals surface area contributed by atoms with Gasteiger partial charge in [0, 0.05) is 10.9 Å². The standard InChI is InChI=1S/C16H11ClFNO2S/c17-11-3-7-13(8-4-11)22(20,21)16-14(9-19)15(16)10-1-5-12(18)6-2-10/h1-8,14-16H/t14-,15+,16-/m1/s1. The highest BCUT2D eigenvalue weighted by atomic mass is 35.5. The van der Waals surface area contributed by atoms with Gasteiger partial charge in [-0.1, -0.05) is 23.7 Å². The summed E-state index contributed by atoms with van der Waals surface area (Å²) in [5, 5.41) is 8.85. The first kappa shape index (κ1) is 15.0. The zero-order valence-corrected chi connectivity index (χ0v) is 12.9. The topological polar surface area (TPSA) is 57.9 Å². The van der Waals surface area contributed by atoms with E-state index in [1.807, 2.05) is 6.07 Å². The minimum absolute atomic E-state index is 0.145. The maximum absolute atomic E-state index is 13.0. The molecule has 0 heterocycles. The number of hydrogen-bond donors (Lipinski definition) is 0. The van der Waals surface area contributed by atoms with Gasteiger partial charge >= 0.3 is 0 Å². The molecule has 0 amide bonds. The highest BCUT2D eigenvalue weighted by Crippen LogP contribution is 2.53. The van der Waals surface area contributed by atoms with Crippen molar-refractivity contribution in [1.29, 1.82) is 5.26 Å². The molecular weight excluding hydrogens is 325 g/mol. The first-order valence-electron chi connectivity index (χ1n) is 6.59. The summed E-state index contributed by atoms with van der Waals surface area (Å²) in [6, 6.07) is 13.5. The van der Waals surface area contributed by atoms with Crippen molar-refractivity contribution < 1.29 is 12.8 Å². The predicted molar refractivity (Wildman–Crippen MR) is 80.7 cm³/mol. The maximum Gasteiger partial charge on any atom is 0.183 e. The van der Waals surface area contributed by atoms with E-state index in [-0.39, 0.29) is 4.90 Å². The first-order valence-corrected chi connectivity index (χ1v) is 8.52. The lowest BCUT2D eigenvalue weighted by atomic mass is 10.1. The molecule has 112 valence electrons. The third-order valence-corrected chi connectivity index (χ3v) is 6.34. The zero-order valence-electron chi connectivity index (χ0n) is 11.3. The van der Waals surface area contributed by atoms with E-state index in [1.54, 1.807) is 0 Å². The molecule has 2 aromatic rings. The Hall–Kier alpha value is -1.90. The summed E-state index contributed by atoms with van der Waals surface area (Å²) < 4.78 is 38.3. The van der Waals surface area contributed by atoms with Crippen molar-refractivity contribution in [2.24, 2.45) is 5.92 Å². The summed E-state index contributed by atoms with van der Waals surface area (Å²) in [5.41, 5.74) is 0.662. The molecule has 3 rings (SSSR count). The lowest BCUT2D eigenvalue weighted by Crippen LogP contribution is -2.10. The molecule has 0 bridgehead atoms.